The third-order valence-corrected chi connectivity index (χ3v) is 3.48. The summed E-state index contributed by atoms with van der Waals surface area (Å²) in [5, 5.41) is 5.44. The lowest BCUT2D eigenvalue weighted by Crippen LogP contribution is -2.02. The van der Waals surface area contributed by atoms with E-state index in [-0.39, 0.29) is 0 Å². The molecule has 0 aliphatic rings. The molecule has 2 aromatic rings. The minimum atomic E-state index is 0.501. The lowest BCUT2D eigenvalue weighted by molar-refractivity contribution is 0.834. The van der Waals surface area contributed by atoms with Crippen LogP contribution in [0.2, 0.25) is 10.0 Å². The van der Waals surface area contributed by atoms with Gasteiger partial charge in [-0.2, -0.15) is 5.10 Å². The fraction of sp³-hybridized carbons (Fsp3) is 0.250. The molecule has 0 atom stereocenters. The van der Waals surface area contributed by atoms with Gasteiger partial charge in [0.2, 0.25) is 0 Å². The third kappa shape index (κ3) is 2.01. The van der Waals surface area contributed by atoms with E-state index in [9.17, 15) is 0 Å². The average molecular weight is 270 g/mol. The van der Waals surface area contributed by atoms with Gasteiger partial charge in [-0.1, -0.05) is 23.2 Å². The van der Waals surface area contributed by atoms with Crippen molar-refractivity contribution in [2.75, 3.05) is 5.73 Å². The van der Waals surface area contributed by atoms with Crippen LogP contribution in [0.15, 0.2) is 12.1 Å². The maximum atomic E-state index is 6.18. The minimum absolute atomic E-state index is 0.501. The van der Waals surface area contributed by atoms with Crippen LogP contribution in [0.25, 0.3) is 5.69 Å². The van der Waals surface area contributed by atoms with Crippen LogP contribution in [0.5, 0.6) is 0 Å². The van der Waals surface area contributed by atoms with Crippen molar-refractivity contribution in [1.29, 1.82) is 0 Å². The molecule has 17 heavy (non-hydrogen) atoms. The SMILES string of the molecule is Cc1nn(-c2c(Cl)cc(N)cc2Cl)c(C)c1C. The van der Waals surface area contributed by atoms with Gasteiger partial charge in [-0.15, -0.1) is 0 Å². The fourth-order valence-electron chi connectivity index (χ4n) is 1.73. The van der Waals surface area contributed by atoms with E-state index in [0.717, 1.165) is 17.0 Å². The largest absolute Gasteiger partial charge is 0.399 e. The summed E-state index contributed by atoms with van der Waals surface area (Å²) in [6.45, 7) is 5.96. The zero-order chi connectivity index (χ0) is 12.7. The first-order valence-electron chi connectivity index (χ1n) is 5.19. The second kappa shape index (κ2) is 4.24. The smallest absolute Gasteiger partial charge is 0.102 e. The molecule has 0 saturated carbocycles. The van der Waals surface area contributed by atoms with E-state index < -0.39 is 0 Å². The molecule has 0 amide bonds. The molecule has 3 nitrogen and oxygen atoms in total. The summed E-state index contributed by atoms with van der Waals surface area (Å²) >= 11 is 12.4. The van der Waals surface area contributed by atoms with Gasteiger partial charge in [0, 0.05) is 11.4 Å². The number of rotatable bonds is 1. The van der Waals surface area contributed by atoms with Gasteiger partial charge in [0.25, 0.3) is 0 Å². The molecule has 0 bridgehead atoms. The monoisotopic (exact) mass is 269 g/mol. The van der Waals surface area contributed by atoms with Crippen LogP contribution in [0.3, 0.4) is 0 Å². The second-order valence-electron chi connectivity index (χ2n) is 4.04. The fourth-order valence-corrected chi connectivity index (χ4v) is 2.39. The summed E-state index contributed by atoms with van der Waals surface area (Å²) in [6, 6.07) is 3.35. The highest BCUT2D eigenvalue weighted by Gasteiger charge is 2.15. The highest BCUT2D eigenvalue weighted by atomic mass is 35.5. The van der Waals surface area contributed by atoms with Crippen molar-refractivity contribution in [3.8, 4) is 5.69 Å². The Morgan fingerprint density at radius 2 is 1.65 bits per heavy atom. The Morgan fingerprint density at radius 3 is 2.06 bits per heavy atom. The molecule has 0 spiro atoms. The van der Waals surface area contributed by atoms with Crippen LogP contribution in [0, 0.1) is 20.8 Å². The maximum Gasteiger partial charge on any atom is 0.102 e. The molecule has 0 radical (unpaired) electrons. The highest BCUT2D eigenvalue weighted by Crippen LogP contribution is 2.32. The van der Waals surface area contributed by atoms with Crippen molar-refractivity contribution in [2.24, 2.45) is 0 Å². The number of hydrogen-bond donors (Lipinski definition) is 1. The molecule has 5 heteroatoms. The van der Waals surface area contributed by atoms with Crippen molar-refractivity contribution in [2.45, 2.75) is 20.8 Å². The molecule has 0 unspecified atom stereocenters. The lowest BCUT2D eigenvalue weighted by Gasteiger charge is -2.10. The summed E-state index contributed by atoms with van der Waals surface area (Å²) in [4.78, 5) is 0. The van der Waals surface area contributed by atoms with Crippen LogP contribution in [0.1, 0.15) is 17.0 Å². The van der Waals surface area contributed by atoms with Gasteiger partial charge in [0.15, 0.2) is 0 Å². The summed E-state index contributed by atoms with van der Waals surface area (Å²) in [6.07, 6.45) is 0. The number of anilines is 1. The van der Waals surface area contributed by atoms with Gasteiger partial charge in [0.1, 0.15) is 5.69 Å². The maximum absolute atomic E-state index is 6.18. The lowest BCUT2D eigenvalue weighted by atomic mass is 10.2. The van der Waals surface area contributed by atoms with Gasteiger partial charge in [-0.25, -0.2) is 4.68 Å². The number of hydrogen-bond acceptors (Lipinski definition) is 2. The normalized spacial score (nSPS) is 10.9. The Hall–Kier alpha value is -1.19. The summed E-state index contributed by atoms with van der Waals surface area (Å²) in [5.74, 6) is 0. The van der Waals surface area contributed by atoms with Crippen LogP contribution in [0.4, 0.5) is 5.69 Å². The van der Waals surface area contributed by atoms with Crippen LogP contribution >= 0.6 is 23.2 Å². The summed E-state index contributed by atoms with van der Waals surface area (Å²) in [5.41, 5.74) is 10.0. The quantitative estimate of drug-likeness (QED) is 0.803. The third-order valence-electron chi connectivity index (χ3n) is 2.90. The minimum Gasteiger partial charge on any atom is -0.399 e. The molecule has 1 aromatic carbocycles. The van der Waals surface area contributed by atoms with Crippen molar-refractivity contribution < 1.29 is 0 Å². The predicted octanol–water partition coefficient (Wildman–Crippen LogP) is 3.69. The molecule has 1 aromatic heterocycles. The summed E-state index contributed by atoms with van der Waals surface area (Å²) in [7, 11) is 0. The first-order valence-corrected chi connectivity index (χ1v) is 5.95. The molecule has 0 saturated heterocycles. The van der Waals surface area contributed by atoms with E-state index >= 15 is 0 Å². The molecule has 2 N–H and O–H groups in total. The number of aryl methyl sites for hydroxylation is 1. The number of benzene rings is 1. The molecular weight excluding hydrogens is 257 g/mol. The van der Waals surface area contributed by atoms with E-state index in [1.165, 1.54) is 0 Å². The van der Waals surface area contributed by atoms with Gasteiger partial charge >= 0.3 is 0 Å². The standard InChI is InChI=1S/C12H13Cl2N3/c1-6-7(2)16-17(8(6)3)12-10(13)4-9(15)5-11(12)14/h4-5H,15H2,1-3H3. The average Bonchev–Trinajstić information content (AvgIpc) is 2.45. The predicted molar refractivity (Wildman–Crippen MR) is 72.2 cm³/mol. The molecule has 0 aliphatic carbocycles. The molecule has 0 aliphatic heterocycles. The molecule has 90 valence electrons. The van der Waals surface area contributed by atoms with Crippen molar-refractivity contribution in [3.05, 3.63) is 39.1 Å². The number of aromatic nitrogens is 2. The Labute approximate surface area is 110 Å². The molecular formula is C12H13Cl2N3. The first kappa shape index (κ1) is 12.3. The highest BCUT2D eigenvalue weighted by molar-refractivity contribution is 6.38. The molecule has 1 heterocycles. The number of halogens is 2. The van der Waals surface area contributed by atoms with Crippen molar-refractivity contribution in [1.82, 2.24) is 9.78 Å². The van der Waals surface area contributed by atoms with Crippen molar-refractivity contribution in [3.63, 3.8) is 0 Å². The van der Waals surface area contributed by atoms with E-state index in [2.05, 4.69) is 5.10 Å². The van der Waals surface area contributed by atoms with Crippen molar-refractivity contribution >= 4 is 28.9 Å². The topological polar surface area (TPSA) is 43.8 Å². The van der Waals surface area contributed by atoms with E-state index in [4.69, 9.17) is 28.9 Å². The van der Waals surface area contributed by atoms with Crippen LogP contribution < -0.4 is 5.73 Å². The van der Waals surface area contributed by atoms with Crippen LogP contribution in [-0.4, -0.2) is 9.78 Å². The van der Waals surface area contributed by atoms with E-state index in [1.54, 1.807) is 16.8 Å². The summed E-state index contributed by atoms with van der Waals surface area (Å²) < 4.78 is 1.76. The Balaban J connectivity index is 2.73. The Kier molecular flexibility index (Phi) is 3.06. The number of nitrogens with two attached hydrogens (primary N) is 1. The zero-order valence-electron chi connectivity index (χ0n) is 9.88. The number of nitrogens with zero attached hydrogens (tertiary/aromatic N) is 2. The Bertz CT molecular complexity index is 565. The van der Waals surface area contributed by atoms with Crippen LogP contribution in [-0.2, 0) is 0 Å². The second-order valence-corrected chi connectivity index (χ2v) is 4.86. The van der Waals surface area contributed by atoms with Gasteiger partial charge in [-0.3, -0.25) is 0 Å². The van der Waals surface area contributed by atoms with Gasteiger partial charge in [-0.05, 0) is 38.5 Å². The zero-order valence-corrected chi connectivity index (χ0v) is 11.4. The Morgan fingerprint density at radius 1 is 1.12 bits per heavy atom. The van der Waals surface area contributed by atoms with Gasteiger partial charge in [0.05, 0.1) is 15.7 Å². The first-order chi connectivity index (χ1) is 7.91. The van der Waals surface area contributed by atoms with E-state index in [1.807, 2.05) is 20.8 Å². The van der Waals surface area contributed by atoms with E-state index in [0.29, 0.717) is 21.4 Å². The number of nitrogen functional groups attached to an aromatic ring is 1. The molecule has 2 rings (SSSR count). The molecule has 0 fully saturated rings. The van der Waals surface area contributed by atoms with Gasteiger partial charge < -0.3 is 5.73 Å².